The van der Waals surface area contributed by atoms with Gasteiger partial charge in [-0.15, -0.1) is 9.35 Å². The molecule has 0 fully saturated rings. The molecular formula is C6H16O7P2S. The monoisotopic (exact) mass is 294 g/mol. The summed E-state index contributed by atoms with van der Waals surface area (Å²) in [6, 6.07) is 0. The van der Waals surface area contributed by atoms with Gasteiger partial charge in [-0.25, -0.2) is 4.57 Å². The van der Waals surface area contributed by atoms with Crippen LogP contribution in [0.1, 0.15) is 32.6 Å². The largest absolute Gasteiger partial charge is 0.497 e. The minimum atomic E-state index is -4.81. The molecular weight excluding hydrogens is 278 g/mol. The van der Waals surface area contributed by atoms with E-state index in [-0.39, 0.29) is 6.61 Å². The van der Waals surface area contributed by atoms with Crippen LogP contribution in [0.25, 0.3) is 0 Å². The van der Waals surface area contributed by atoms with Crippen LogP contribution in [0.15, 0.2) is 0 Å². The van der Waals surface area contributed by atoms with Gasteiger partial charge in [-0.1, -0.05) is 26.2 Å². The fourth-order valence-corrected chi connectivity index (χ4v) is 2.37. The highest BCUT2D eigenvalue weighted by atomic mass is 32.5. The summed E-state index contributed by atoms with van der Waals surface area (Å²) in [5.74, 6) is 0. The van der Waals surface area contributed by atoms with Crippen LogP contribution in [0, 0.1) is 0 Å². The second-order valence-corrected chi connectivity index (χ2v) is 6.86. The lowest BCUT2D eigenvalue weighted by Crippen LogP contribution is -1.97. The van der Waals surface area contributed by atoms with Crippen LogP contribution in [0.4, 0.5) is 0 Å². The van der Waals surface area contributed by atoms with Crippen LogP contribution in [0.2, 0.25) is 0 Å². The molecule has 1 atom stereocenters. The van der Waals surface area contributed by atoms with Crippen molar-refractivity contribution in [2.45, 2.75) is 32.6 Å². The average molecular weight is 294 g/mol. The van der Waals surface area contributed by atoms with Crippen LogP contribution in [-0.2, 0) is 30.2 Å². The Balaban J connectivity index is 3.71. The molecule has 0 aromatic rings. The van der Waals surface area contributed by atoms with E-state index in [1.165, 1.54) is 0 Å². The van der Waals surface area contributed by atoms with Crippen molar-refractivity contribution in [3.8, 4) is 0 Å². The Morgan fingerprint density at radius 2 is 1.75 bits per heavy atom. The van der Waals surface area contributed by atoms with Crippen LogP contribution in [0.5, 0.6) is 0 Å². The molecule has 0 aliphatic heterocycles. The first kappa shape index (κ1) is 16.6. The second kappa shape index (κ2) is 7.87. The lowest BCUT2D eigenvalue weighted by molar-refractivity contribution is -0.135. The van der Waals surface area contributed by atoms with Crippen molar-refractivity contribution in [3.63, 3.8) is 0 Å². The summed E-state index contributed by atoms with van der Waals surface area (Å²) in [6.45, 7) is -1.50. The first-order valence-electron chi connectivity index (χ1n) is 4.68. The van der Waals surface area contributed by atoms with Crippen molar-refractivity contribution >= 4 is 26.3 Å². The third-order valence-corrected chi connectivity index (χ3v) is 3.13. The summed E-state index contributed by atoms with van der Waals surface area (Å²) in [6.07, 6.45) is 3.71. The van der Waals surface area contributed by atoms with Crippen molar-refractivity contribution in [2.75, 3.05) is 6.61 Å². The SMILES string of the molecule is CCCCCCOP(O)(=S)OOP(=O)(O)O. The van der Waals surface area contributed by atoms with Crippen LogP contribution in [0.3, 0.4) is 0 Å². The molecule has 0 aromatic carbocycles. The molecule has 0 aromatic heterocycles. The van der Waals surface area contributed by atoms with Crippen LogP contribution in [-0.4, -0.2) is 21.3 Å². The zero-order valence-electron chi connectivity index (χ0n) is 8.81. The Hall–Kier alpha value is 0.640. The van der Waals surface area contributed by atoms with E-state index in [9.17, 15) is 9.46 Å². The Morgan fingerprint density at radius 3 is 2.25 bits per heavy atom. The predicted molar refractivity (Wildman–Crippen MR) is 60.8 cm³/mol. The maximum absolute atomic E-state index is 10.2. The standard InChI is InChI=1S/C6H16O7P2S/c1-2-3-4-5-6-11-15(10,16)13-12-14(7,8)9/h2-6H2,1H3,(H,10,16)(H2,7,8,9). The number of rotatable bonds is 9. The van der Waals surface area contributed by atoms with Gasteiger partial charge in [0.05, 0.1) is 6.61 Å². The van der Waals surface area contributed by atoms with Gasteiger partial charge in [0.25, 0.3) is 0 Å². The molecule has 0 heterocycles. The van der Waals surface area contributed by atoms with Crippen molar-refractivity contribution in [2.24, 2.45) is 0 Å². The zero-order valence-corrected chi connectivity index (χ0v) is 11.4. The van der Waals surface area contributed by atoms with E-state index in [4.69, 9.17) is 14.3 Å². The molecule has 1 unspecified atom stereocenters. The number of hydrogen-bond acceptors (Lipinski definition) is 5. The highest BCUT2D eigenvalue weighted by molar-refractivity contribution is 8.07. The molecule has 0 amide bonds. The third-order valence-electron chi connectivity index (χ3n) is 1.48. The van der Waals surface area contributed by atoms with E-state index >= 15 is 0 Å². The summed E-state index contributed by atoms with van der Waals surface area (Å²) in [7, 11) is -4.81. The van der Waals surface area contributed by atoms with E-state index in [0.29, 0.717) is 6.42 Å². The van der Waals surface area contributed by atoms with Gasteiger partial charge in [-0.05, 0) is 18.2 Å². The molecule has 0 radical (unpaired) electrons. The molecule has 7 nitrogen and oxygen atoms in total. The normalized spacial score (nSPS) is 16.0. The number of hydrogen-bond donors (Lipinski definition) is 3. The van der Waals surface area contributed by atoms with Gasteiger partial charge >= 0.3 is 14.5 Å². The Bertz CT molecular complexity index is 278. The van der Waals surface area contributed by atoms with Crippen LogP contribution < -0.4 is 0 Å². The quantitative estimate of drug-likeness (QED) is 0.256. The second-order valence-electron chi connectivity index (χ2n) is 3.00. The molecule has 0 aliphatic carbocycles. The summed E-state index contributed by atoms with van der Waals surface area (Å²) in [5.41, 5.74) is 0. The van der Waals surface area contributed by atoms with Gasteiger partial charge in [0, 0.05) is 0 Å². The lowest BCUT2D eigenvalue weighted by Gasteiger charge is -2.14. The lowest BCUT2D eigenvalue weighted by atomic mass is 10.2. The fourth-order valence-electron chi connectivity index (χ4n) is 0.816. The number of phosphoric acid groups is 1. The molecule has 0 rings (SSSR count). The Kier molecular flexibility index (Phi) is 8.18. The van der Waals surface area contributed by atoms with E-state index in [1.807, 2.05) is 6.92 Å². The zero-order chi connectivity index (χ0) is 12.7. The number of unbranched alkanes of at least 4 members (excludes halogenated alkanes) is 3. The molecule has 0 saturated carbocycles. The van der Waals surface area contributed by atoms with E-state index in [1.54, 1.807) is 0 Å². The topological polar surface area (TPSA) is 105 Å². The highest BCUT2D eigenvalue weighted by Gasteiger charge is 2.24. The molecule has 10 heteroatoms. The molecule has 0 spiro atoms. The van der Waals surface area contributed by atoms with Gasteiger partial charge in [-0.2, -0.15) is 0 Å². The maximum Gasteiger partial charge on any atom is 0.497 e. The van der Waals surface area contributed by atoms with Crippen molar-refractivity contribution < 1.29 is 33.1 Å². The molecule has 0 saturated heterocycles. The van der Waals surface area contributed by atoms with Gasteiger partial charge < -0.3 is 19.2 Å². The van der Waals surface area contributed by atoms with Crippen molar-refractivity contribution in [1.29, 1.82) is 0 Å². The van der Waals surface area contributed by atoms with Crippen molar-refractivity contribution in [1.82, 2.24) is 0 Å². The Morgan fingerprint density at radius 1 is 1.12 bits per heavy atom. The van der Waals surface area contributed by atoms with Gasteiger partial charge in [0.1, 0.15) is 0 Å². The average Bonchev–Trinajstić information content (AvgIpc) is 2.14. The molecule has 16 heavy (non-hydrogen) atoms. The van der Waals surface area contributed by atoms with Crippen LogP contribution >= 0.6 is 14.5 Å². The summed E-state index contributed by atoms with van der Waals surface area (Å²) < 4.78 is 22.6. The van der Waals surface area contributed by atoms with Gasteiger partial charge in [0.2, 0.25) is 0 Å². The van der Waals surface area contributed by atoms with Gasteiger partial charge in [-0.3, -0.25) is 0 Å². The first-order valence-corrected chi connectivity index (χ1v) is 8.80. The van der Waals surface area contributed by atoms with E-state index < -0.39 is 14.5 Å². The summed E-state index contributed by atoms with van der Waals surface area (Å²) in [4.78, 5) is 25.8. The minimum absolute atomic E-state index is 0.165. The summed E-state index contributed by atoms with van der Waals surface area (Å²) in [5, 5.41) is 0. The smallest absolute Gasteiger partial charge is 0.323 e. The fraction of sp³-hybridized carbons (Fsp3) is 1.00. The molecule has 98 valence electrons. The summed E-state index contributed by atoms with van der Waals surface area (Å²) >= 11 is 4.44. The highest BCUT2D eigenvalue weighted by Crippen LogP contribution is 2.50. The maximum atomic E-state index is 10.2. The molecule has 0 bridgehead atoms. The minimum Gasteiger partial charge on any atom is -0.323 e. The van der Waals surface area contributed by atoms with E-state index in [2.05, 4.69) is 21.2 Å². The molecule has 0 aliphatic rings. The Labute approximate surface area is 99.1 Å². The van der Waals surface area contributed by atoms with E-state index in [0.717, 1.165) is 19.3 Å². The molecule has 3 N–H and O–H groups in total. The van der Waals surface area contributed by atoms with Gasteiger partial charge in [0.15, 0.2) is 0 Å². The first-order chi connectivity index (χ1) is 7.27. The van der Waals surface area contributed by atoms with Crippen molar-refractivity contribution in [3.05, 3.63) is 0 Å². The third kappa shape index (κ3) is 11.1. The predicted octanol–water partition coefficient (Wildman–Crippen LogP) is 1.84.